The summed E-state index contributed by atoms with van der Waals surface area (Å²) in [6.45, 7) is 0.440. The molecule has 3 nitrogen and oxygen atoms in total. The van der Waals surface area contributed by atoms with Gasteiger partial charge in [-0.05, 0) is 34.4 Å². The summed E-state index contributed by atoms with van der Waals surface area (Å²) < 4.78 is 14.9. The van der Waals surface area contributed by atoms with E-state index < -0.39 is 0 Å². The molecule has 0 spiro atoms. The molecule has 0 saturated heterocycles. The van der Waals surface area contributed by atoms with E-state index in [-0.39, 0.29) is 11.4 Å². The minimum Gasteiger partial charge on any atom is -0.294 e. The molecule has 0 fully saturated rings. The van der Waals surface area contributed by atoms with Crippen LogP contribution in [0.5, 0.6) is 0 Å². The highest BCUT2D eigenvalue weighted by atomic mass is 32.1. The van der Waals surface area contributed by atoms with E-state index in [0.717, 1.165) is 27.8 Å². The van der Waals surface area contributed by atoms with Gasteiger partial charge in [0.2, 0.25) is 0 Å². The molecule has 2 aromatic heterocycles. The molecular formula is C25H17FN2OS. The van der Waals surface area contributed by atoms with Crippen molar-refractivity contribution < 1.29 is 4.39 Å². The van der Waals surface area contributed by atoms with Gasteiger partial charge in [-0.25, -0.2) is 9.37 Å². The van der Waals surface area contributed by atoms with Crippen molar-refractivity contribution in [2.24, 2.45) is 0 Å². The molecule has 0 radical (unpaired) electrons. The summed E-state index contributed by atoms with van der Waals surface area (Å²) in [7, 11) is 0. The number of thiophene rings is 1. The molecule has 5 heteroatoms. The van der Waals surface area contributed by atoms with E-state index in [0.29, 0.717) is 16.8 Å². The maximum Gasteiger partial charge on any atom is 0.263 e. The van der Waals surface area contributed by atoms with Crippen LogP contribution < -0.4 is 5.56 Å². The van der Waals surface area contributed by atoms with Crippen molar-refractivity contribution in [2.45, 2.75) is 6.54 Å². The van der Waals surface area contributed by atoms with Crippen LogP contribution in [-0.2, 0) is 6.54 Å². The number of aromatic nitrogens is 2. The summed E-state index contributed by atoms with van der Waals surface area (Å²) >= 11 is 1.42. The first-order chi connectivity index (χ1) is 14.7. The molecule has 2 heterocycles. The van der Waals surface area contributed by atoms with Crippen molar-refractivity contribution in [1.82, 2.24) is 9.55 Å². The first-order valence-corrected chi connectivity index (χ1v) is 10.4. The lowest BCUT2D eigenvalue weighted by atomic mass is 10.0. The van der Waals surface area contributed by atoms with Crippen molar-refractivity contribution >= 4 is 21.6 Å². The monoisotopic (exact) mass is 412 g/mol. The predicted octanol–water partition coefficient (Wildman–Crippen LogP) is 5.98. The van der Waals surface area contributed by atoms with Crippen LogP contribution >= 0.6 is 11.3 Å². The minimum atomic E-state index is -0.298. The van der Waals surface area contributed by atoms with Crippen LogP contribution in [0.3, 0.4) is 0 Å². The van der Waals surface area contributed by atoms with Crippen LogP contribution in [-0.4, -0.2) is 9.55 Å². The van der Waals surface area contributed by atoms with Crippen molar-refractivity contribution in [1.29, 1.82) is 0 Å². The van der Waals surface area contributed by atoms with Gasteiger partial charge in [0.1, 0.15) is 10.6 Å². The zero-order valence-corrected chi connectivity index (χ0v) is 16.8. The third kappa shape index (κ3) is 3.44. The molecule has 0 unspecified atom stereocenters. The van der Waals surface area contributed by atoms with Gasteiger partial charge in [-0.3, -0.25) is 9.36 Å². The third-order valence-corrected chi connectivity index (χ3v) is 6.02. The molecule has 30 heavy (non-hydrogen) atoms. The highest BCUT2D eigenvalue weighted by Crippen LogP contribution is 2.30. The second-order valence-electron chi connectivity index (χ2n) is 7.08. The molecule has 5 aromatic rings. The second kappa shape index (κ2) is 7.69. The Hall–Kier alpha value is -3.57. The Morgan fingerprint density at radius 1 is 0.833 bits per heavy atom. The number of nitrogens with zero attached hydrogens (tertiary/aromatic N) is 2. The number of rotatable bonds is 4. The van der Waals surface area contributed by atoms with Gasteiger partial charge in [0.05, 0.1) is 18.3 Å². The van der Waals surface area contributed by atoms with Gasteiger partial charge in [0.25, 0.3) is 5.56 Å². The second-order valence-corrected chi connectivity index (χ2v) is 7.94. The number of hydrogen-bond acceptors (Lipinski definition) is 3. The Morgan fingerprint density at radius 3 is 2.23 bits per heavy atom. The lowest BCUT2D eigenvalue weighted by molar-refractivity contribution is 0.628. The largest absolute Gasteiger partial charge is 0.294 e. The summed E-state index contributed by atoms with van der Waals surface area (Å²) in [4.78, 5) is 18.4. The lowest BCUT2D eigenvalue weighted by Gasteiger charge is -2.08. The molecular weight excluding hydrogens is 395 g/mol. The standard InChI is InChI=1S/C25H17FN2OS/c26-21-12-10-20(11-13-21)22-15-30-24-23(22)25(29)28(16-27-24)14-17-6-8-19(9-7-17)18-4-2-1-3-5-18/h1-13,15-16H,14H2. The average Bonchev–Trinajstić information content (AvgIpc) is 3.22. The lowest BCUT2D eigenvalue weighted by Crippen LogP contribution is -2.20. The summed E-state index contributed by atoms with van der Waals surface area (Å²) in [6.07, 6.45) is 1.60. The molecule has 0 saturated carbocycles. The summed E-state index contributed by atoms with van der Waals surface area (Å²) in [6, 6.07) is 24.6. The molecule has 146 valence electrons. The van der Waals surface area contributed by atoms with Crippen LogP contribution in [0.15, 0.2) is 95.4 Å². The zero-order chi connectivity index (χ0) is 20.5. The molecule has 0 aliphatic heterocycles. The van der Waals surface area contributed by atoms with Crippen LogP contribution in [0.2, 0.25) is 0 Å². The van der Waals surface area contributed by atoms with Crippen LogP contribution in [0.25, 0.3) is 32.5 Å². The van der Waals surface area contributed by atoms with E-state index in [1.165, 1.54) is 23.5 Å². The summed E-state index contributed by atoms with van der Waals surface area (Å²) in [5, 5.41) is 2.49. The Labute approximate surface area is 176 Å². The van der Waals surface area contributed by atoms with Gasteiger partial charge in [0, 0.05) is 10.9 Å². The van der Waals surface area contributed by atoms with Crippen LogP contribution in [0.1, 0.15) is 5.56 Å². The van der Waals surface area contributed by atoms with Gasteiger partial charge >= 0.3 is 0 Å². The fraction of sp³-hybridized carbons (Fsp3) is 0.0400. The van der Waals surface area contributed by atoms with Crippen molar-refractivity contribution in [3.8, 4) is 22.3 Å². The van der Waals surface area contributed by atoms with E-state index in [4.69, 9.17) is 0 Å². The smallest absolute Gasteiger partial charge is 0.263 e. The Balaban J connectivity index is 1.49. The quantitative estimate of drug-likeness (QED) is 0.364. The molecule has 0 aliphatic carbocycles. The normalized spacial score (nSPS) is 11.1. The molecule has 0 atom stereocenters. The number of halogens is 1. The van der Waals surface area contributed by atoms with Gasteiger partial charge < -0.3 is 0 Å². The van der Waals surface area contributed by atoms with Crippen LogP contribution in [0.4, 0.5) is 4.39 Å². The van der Waals surface area contributed by atoms with Gasteiger partial charge in [-0.2, -0.15) is 0 Å². The van der Waals surface area contributed by atoms with Crippen molar-refractivity contribution in [2.75, 3.05) is 0 Å². The fourth-order valence-electron chi connectivity index (χ4n) is 3.55. The maximum absolute atomic E-state index is 13.3. The number of hydrogen-bond donors (Lipinski definition) is 0. The molecule has 0 N–H and O–H groups in total. The number of fused-ring (bicyclic) bond motifs is 1. The van der Waals surface area contributed by atoms with E-state index >= 15 is 0 Å². The van der Waals surface area contributed by atoms with E-state index in [2.05, 4.69) is 29.2 Å². The van der Waals surface area contributed by atoms with Gasteiger partial charge in [-0.1, -0.05) is 66.7 Å². The van der Waals surface area contributed by atoms with Gasteiger partial charge in [-0.15, -0.1) is 11.3 Å². The van der Waals surface area contributed by atoms with E-state index in [9.17, 15) is 9.18 Å². The average molecular weight is 412 g/mol. The highest BCUT2D eigenvalue weighted by molar-refractivity contribution is 7.17. The summed E-state index contributed by atoms with van der Waals surface area (Å²) in [5.41, 5.74) is 4.83. The molecule has 5 rings (SSSR count). The fourth-order valence-corrected chi connectivity index (χ4v) is 4.46. The van der Waals surface area contributed by atoms with Gasteiger partial charge in [0.15, 0.2) is 0 Å². The van der Waals surface area contributed by atoms with Crippen LogP contribution in [0, 0.1) is 5.82 Å². The Bertz CT molecular complexity index is 1370. The predicted molar refractivity (Wildman–Crippen MR) is 120 cm³/mol. The molecule has 0 amide bonds. The van der Waals surface area contributed by atoms with Crippen molar-refractivity contribution in [3.05, 3.63) is 112 Å². The zero-order valence-electron chi connectivity index (χ0n) is 16.0. The molecule has 3 aromatic carbocycles. The van der Waals surface area contributed by atoms with Crippen molar-refractivity contribution in [3.63, 3.8) is 0 Å². The Kier molecular flexibility index (Phi) is 4.73. The minimum absolute atomic E-state index is 0.0901. The molecule has 0 bridgehead atoms. The van der Waals surface area contributed by atoms with E-state index in [1.807, 2.05) is 35.7 Å². The highest BCUT2D eigenvalue weighted by Gasteiger charge is 2.13. The first-order valence-electron chi connectivity index (χ1n) is 9.56. The topological polar surface area (TPSA) is 34.9 Å². The maximum atomic E-state index is 13.3. The molecule has 0 aliphatic rings. The Morgan fingerprint density at radius 2 is 1.50 bits per heavy atom. The SMILES string of the molecule is O=c1c2c(-c3ccc(F)cc3)csc2ncn1Cc1ccc(-c2ccccc2)cc1. The first kappa shape index (κ1) is 18.5. The summed E-state index contributed by atoms with van der Waals surface area (Å²) in [5.74, 6) is -0.298. The third-order valence-electron chi connectivity index (χ3n) is 5.13. The van der Waals surface area contributed by atoms with E-state index in [1.54, 1.807) is 23.0 Å². The number of benzene rings is 3.